The summed E-state index contributed by atoms with van der Waals surface area (Å²) in [6, 6.07) is 21.6. The number of amides is 1. The molecule has 0 aliphatic heterocycles. The molecule has 0 unspecified atom stereocenters. The molecule has 1 N–H and O–H groups in total. The molecule has 7 heteroatoms. The third-order valence-electron chi connectivity index (χ3n) is 4.48. The molecule has 0 bridgehead atoms. The lowest BCUT2D eigenvalue weighted by Crippen LogP contribution is -2.20. The Kier molecular flexibility index (Phi) is 6.84. The van der Waals surface area contributed by atoms with Gasteiger partial charge in [0.2, 0.25) is 0 Å². The molecule has 158 valence electrons. The highest BCUT2D eigenvalue weighted by Crippen LogP contribution is 2.31. The summed E-state index contributed by atoms with van der Waals surface area (Å²) in [6.07, 6.45) is 0.952. The van der Waals surface area contributed by atoms with Gasteiger partial charge in [0.15, 0.2) is 11.7 Å². The Hall–Kier alpha value is -2.90. The molecular formula is C24H21BrN2O3S. The molecule has 5 nitrogen and oxygen atoms in total. The van der Waals surface area contributed by atoms with Crippen LogP contribution in [0, 0.1) is 0 Å². The van der Waals surface area contributed by atoms with Crippen molar-refractivity contribution in [2.45, 2.75) is 13.3 Å². The molecule has 4 rings (SSSR count). The minimum atomic E-state index is -0.263. The number of fused-ring (bicyclic) bond motifs is 1. The van der Waals surface area contributed by atoms with Crippen molar-refractivity contribution in [3.63, 3.8) is 0 Å². The van der Waals surface area contributed by atoms with Gasteiger partial charge < -0.3 is 9.47 Å². The highest BCUT2D eigenvalue weighted by atomic mass is 79.9. The molecule has 1 heterocycles. The van der Waals surface area contributed by atoms with Crippen molar-refractivity contribution in [2.24, 2.45) is 0 Å². The van der Waals surface area contributed by atoms with Crippen molar-refractivity contribution >= 4 is 48.5 Å². The molecule has 0 fully saturated rings. The lowest BCUT2D eigenvalue weighted by molar-refractivity contribution is -0.118. The Balaban J connectivity index is 1.37. The molecule has 0 atom stereocenters. The summed E-state index contributed by atoms with van der Waals surface area (Å²) in [5.74, 6) is 1.15. The Morgan fingerprint density at radius 1 is 1.03 bits per heavy atom. The van der Waals surface area contributed by atoms with Crippen LogP contribution in [0.25, 0.3) is 21.3 Å². The molecule has 3 aromatic carbocycles. The van der Waals surface area contributed by atoms with Crippen molar-refractivity contribution in [3.05, 3.63) is 71.2 Å². The summed E-state index contributed by atoms with van der Waals surface area (Å²) >= 11 is 4.94. The number of nitrogens with zero attached hydrogens (tertiary/aromatic N) is 1. The van der Waals surface area contributed by atoms with Crippen LogP contribution < -0.4 is 14.8 Å². The van der Waals surface area contributed by atoms with E-state index in [2.05, 4.69) is 33.2 Å². The van der Waals surface area contributed by atoms with Crippen molar-refractivity contribution in [1.29, 1.82) is 0 Å². The first-order valence-electron chi connectivity index (χ1n) is 9.93. The standard InChI is InChI=1S/C24H21BrN2O3S/c1-2-12-29-18-9-10-20-22(14-18)31-24(26-20)27-23(28)15-30-21-11-8-17(13-19(21)25)16-6-4-3-5-7-16/h3-11,13-14H,2,12,15H2,1H3,(H,26,27,28). The molecule has 0 spiro atoms. The van der Waals surface area contributed by atoms with E-state index in [1.165, 1.54) is 11.3 Å². The van der Waals surface area contributed by atoms with E-state index in [-0.39, 0.29) is 12.5 Å². The van der Waals surface area contributed by atoms with Crippen molar-refractivity contribution in [3.8, 4) is 22.6 Å². The maximum atomic E-state index is 12.4. The second-order valence-corrected chi connectivity index (χ2v) is 8.73. The van der Waals surface area contributed by atoms with E-state index in [0.29, 0.717) is 17.5 Å². The molecule has 0 saturated carbocycles. The van der Waals surface area contributed by atoms with E-state index in [0.717, 1.165) is 38.0 Å². The second kappa shape index (κ2) is 9.94. The zero-order chi connectivity index (χ0) is 21.6. The highest BCUT2D eigenvalue weighted by molar-refractivity contribution is 9.10. The number of hydrogen-bond acceptors (Lipinski definition) is 5. The molecule has 1 aromatic heterocycles. The number of ether oxygens (including phenoxy) is 2. The molecule has 4 aromatic rings. The fraction of sp³-hybridized carbons (Fsp3) is 0.167. The van der Waals surface area contributed by atoms with Gasteiger partial charge in [-0.15, -0.1) is 0 Å². The lowest BCUT2D eigenvalue weighted by Gasteiger charge is -2.09. The van der Waals surface area contributed by atoms with Gasteiger partial charge in [-0.25, -0.2) is 4.98 Å². The number of rotatable bonds is 8. The van der Waals surface area contributed by atoms with Crippen LogP contribution in [-0.2, 0) is 4.79 Å². The lowest BCUT2D eigenvalue weighted by atomic mass is 10.1. The number of carbonyl (C=O) groups excluding carboxylic acids is 1. The largest absolute Gasteiger partial charge is 0.494 e. The maximum Gasteiger partial charge on any atom is 0.264 e. The fourth-order valence-corrected chi connectivity index (χ4v) is 4.40. The Morgan fingerprint density at radius 2 is 1.87 bits per heavy atom. The molecule has 0 aliphatic carbocycles. The van der Waals surface area contributed by atoms with Gasteiger partial charge in [-0.3, -0.25) is 10.1 Å². The molecule has 1 amide bonds. The van der Waals surface area contributed by atoms with Crippen LogP contribution in [0.5, 0.6) is 11.5 Å². The average molecular weight is 497 g/mol. The van der Waals surface area contributed by atoms with Crippen LogP contribution in [0.15, 0.2) is 71.2 Å². The molecule has 0 saturated heterocycles. The monoisotopic (exact) mass is 496 g/mol. The summed E-state index contributed by atoms with van der Waals surface area (Å²) in [5, 5.41) is 3.35. The number of anilines is 1. The van der Waals surface area contributed by atoms with E-state index >= 15 is 0 Å². The van der Waals surface area contributed by atoms with E-state index in [1.807, 2.05) is 66.7 Å². The number of carbonyl (C=O) groups is 1. The minimum Gasteiger partial charge on any atom is -0.494 e. The highest BCUT2D eigenvalue weighted by Gasteiger charge is 2.11. The topological polar surface area (TPSA) is 60.5 Å². The quantitative estimate of drug-likeness (QED) is 0.301. The first kappa shape index (κ1) is 21.3. The van der Waals surface area contributed by atoms with E-state index in [1.54, 1.807) is 0 Å². The zero-order valence-electron chi connectivity index (χ0n) is 16.9. The number of benzene rings is 3. The summed E-state index contributed by atoms with van der Waals surface area (Å²) < 4.78 is 13.1. The zero-order valence-corrected chi connectivity index (χ0v) is 19.3. The fourth-order valence-electron chi connectivity index (χ4n) is 2.99. The summed E-state index contributed by atoms with van der Waals surface area (Å²) in [4.78, 5) is 16.8. The predicted molar refractivity (Wildman–Crippen MR) is 129 cm³/mol. The van der Waals surface area contributed by atoms with Crippen molar-refractivity contribution in [2.75, 3.05) is 18.5 Å². The van der Waals surface area contributed by atoms with Crippen LogP contribution in [0.4, 0.5) is 5.13 Å². The van der Waals surface area contributed by atoms with Crippen LogP contribution in [0.3, 0.4) is 0 Å². The van der Waals surface area contributed by atoms with Gasteiger partial charge in [-0.1, -0.05) is 54.7 Å². The number of halogens is 1. The molecule has 31 heavy (non-hydrogen) atoms. The normalized spacial score (nSPS) is 10.8. The number of thiazole rings is 1. The third-order valence-corrected chi connectivity index (χ3v) is 6.03. The van der Waals surface area contributed by atoms with Crippen LogP contribution >= 0.6 is 27.3 Å². The van der Waals surface area contributed by atoms with Gasteiger partial charge in [0.1, 0.15) is 11.5 Å². The Morgan fingerprint density at radius 3 is 2.65 bits per heavy atom. The summed E-state index contributed by atoms with van der Waals surface area (Å²) in [6.45, 7) is 2.63. The molecule has 0 radical (unpaired) electrons. The van der Waals surface area contributed by atoms with Gasteiger partial charge in [0, 0.05) is 0 Å². The van der Waals surface area contributed by atoms with Crippen LogP contribution in [0.1, 0.15) is 13.3 Å². The van der Waals surface area contributed by atoms with Gasteiger partial charge in [-0.2, -0.15) is 0 Å². The van der Waals surface area contributed by atoms with Gasteiger partial charge >= 0.3 is 0 Å². The first-order valence-corrected chi connectivity index (χ1v) is 11.5. The van der Waals surface area contributed by atoms with Crippen molar-refractivity contribution < 1.29 is 14.3 Å². The summed E-state index contributed by atoms with van der Waals surface area (Å²) in [7, 11) is 0. The number of hydrogen-bond donors (Lipinski definition) is 1. The smallest absolute Gasteiger partial charge is 0.264 e. The van der Waals surface area contributed by atoms with Crippen LogP contribution in [-0.4, -0.2) is 24.1 Å². The molecule has 0 aliphatic rings. The number of nitrogens with one attached hydrogen (secondary N) is 1. The van der Waals surface area contributed by atoms with Gasteiger partial charge in [0.25, 0.3) is 5.91 Å². The molecular weight excluding hydrogens is 476 g/mol. The van der Waals surface area contributed by atoms with Crippen LogP contribution in [0.2, 0.25) is 0 Å². The SMILES string of the molecule is CCCOc1ccc2nc(NC(=O)COc3ccc(-c4ccccc4)cc3Br)sc2c1. The van der Waals surface area contributed by atoms with Gasteiger partial charge in [0.05, 0.1) is 21.3 Å². The van der Waals surface area contributed by atoms with E-state index < -0.39 is 0 Å². The number of aromatic nitrogens is 1. The minimum absolute atomic E-state index is 0.107. The second-order valence-electron chi connectivity index (χ2n) is 6.85. The predicted octanol–water partition coefficient (Wildman–Crippen LogP) is 6.53. The van der Waals surface area contributed by atoms with Gasteiger partial charge in [-0.05, 0) is 63.8 Å². The summed E-state index contributed by atoms with van der Waals surface area (Å²) in [5.41, 5.74) is 3.01. The third kappa shape index (κ3) is 5.42. The average Bonchev–Trinajstić information content (AvgIpc) is 3.18. The first-order chi connectivity index (χ1) is 15.1. The van der Waals surface area contributed by atoms with Crippen molar-refractivity contribution in [1.82, 2.24) is 4.98 Å². The Labute approximate surface area is 193 Å². The maximum absolute atomic E-state index is 12.4. The van der Waals surface area contributed by atoms with E-state index in [4.69, 9.17) is 9.47 Å². The Bertz CT molecular complexity index is 1190. The van der Waals surface area contributed by atoms with E-state index in [9.17, 15) is 4.79 Å².